The number of nitrogens with one attached hydrogen (secondary N) is 2. The Kier molecular flexibility index (Phi) is 6.70. The SMILES string of the molecule is COCCNC(=S)NCCCn1nc(C(F)(F)F)c(Cl)c1C1CC1. The van der Waals surface area contributed by atoms with Crippen molar-refractivity contribution in [2.24, 2.45) is 0 Å². The van der Waals surface area contributed by atoms with Gasteiger partial charge in [0.15, 0.2) is 10.8 Å². The number of rotatable bonds is 8. The Labute approximate surface area is 148 Å². The van der Waals surface area contributed by atoms with Gasteiger partial charge in [-0.25, -0.2) is 0 Å². The predicted octanol–water partition coefficient (Wildman–Crippen LogP) is 2.93. The zero-order valence-corrected chi connectivity index (χ0v) is 14.8. The van der Waals surface area contributed by atoms with Crippen LogP contribution in [0.5, 0.6) is 0 Å². The number of hydrogen-bond acceptors (Lipinski definition) is 3. The quantitative estimate of drug-likeness (QED) is 0.533. The number of thiocarbonyl (C=S) groups is 1. The van der Waals surface area contributed by atoms with Gasteiger partial charge in [-0.05, 0) is 31.5 Å². The van der Waals surface area contributed by atoms with Gasteiger partial charge in [0.1, 0.15) is 0 Å². The molecule has 1 saturated carbocycles. The molecule has 0 spiro atoms. The first-order valence-corrected chi connectivity index (χ1v) is 8.47. The van der Waals surface area contributed by atoms with Crippen LogP contribution in [0.2, 0.25) is 5.02 Å². The molecule has 0 unspecified atom stereocenters. The maximum absolute atomic E-state index is 13.0. The molecule has 0 aromatic carbocycles. The predicted molar refractivity (Wildman–Crippen MR) is 89.3 cm³/mol. The number of ether oxygens (including phenoxy) is 1. The monoisotopic (exact) mass is 384 g/mol. The van der Waals surface area contributed by atoms with Crippen molar-refractivity contribution in [3.63, 3.8) is 0 Å². The Balaban J connectivity index is 1.87. The molecule has 0 amide bonds. The lowest BCUT2D eigenvalue weighted by atomic mass is 10.2. The summed E-state index contributed by atoms with van der Waals surface area (Å²) in [4.78, 5) is 0. The Hall–Kier alpha value is -1.06. The van der Waals surface area contributed by atoms with Gasteiger partial charge in [0.2, 0.25) is 0 Å². The van der Waals surface area contributed by atoms with Crippen LogP contribution in [0.25, 0.3) is 0 Å². The van der Waals surface area contributed by atoms with Crippen molar-refractivity contribution >= 4 is 28.9 Å². The fraction of sp³-hybridized carbons (Fsp3) is 0.714. The minimum absolute atomic E-state index is 0.0887. The van der Waals surface area contributed by atoms with Gasteiger partial charge in [-0.1, -0.05) is 11.6 Å². The number of hydrogen-bond donors (Lipinski definition) is 2. The molecule has 2 N–H and O–H groups in total. The summed E-state index contributed by atoms with van der Waals surface area (Å²) in [5.41, 5.74) is -0.486. The van der Waals surface area contributed by atoms with Gasteiger partial charge in [0.05, 0.1) is 17.3 Å². The van der Waals surface area contributed by atoms with Crippen LogP contribution in [0.3, 0.4) is 0 Å². The van der Waals surface area contributed by atoms with E-state index in [1.165, 1.54) is 4.68 Å². The minimum atomic E-state index is -4.53. The summed E-state index contributed by atoms with van der Waals surface area (Å²) in [6.07, 6.45) is -2.24. The van der Waals surface area contributed by atoms with Crippen molar-refractivity contribution in [1.82, 2.24) is 20.4 Å². The number of halogens is 4. The lowest BCUT2D eigenvalue weighted by molar-refractivity contribution is -0.141. The van der Waals surface area contributed by atoms with Crippen LogP contribution in [0.15, 0.2) is 0 Å². The van der Waals surface area contributed by atoms with Crippen molar-refractivity contribution in [2.75, 3.05) is 26.8 Å². The van der Waals surface area contributed by atoms with Gasteiger partial charge in [-0.15, -0.1) is 0 Å². The zero-order valence-electron chi connectivity index (χ0n) is 13.2. The average molecular weight is 385 g/mol. The molecule has 1 fully saturated rings. The standard InChI is InChI=1S/C14H20ClF3N4OS/c1-23-8-6-20-13(24)19-5-2-7-22-11(9-3-4-9)10(15)12(21-22)14(16,17)18/h9H,2-8H2,1H3,(H2,19,20,24). The summed E-state index contributed by atoms with van der Waals surface area (Å²) < 4.78 is 45.2. The maximum Gasteiger partial charge on any atom is 0.436 e. The van der Waals surface area contributed by atoms with Gasteiger partial charge in [-0.2, -0.15) is 18.3 Å². The molecule has 1 heterocycles. The Morgan fingerprint density at radius 3 is 2.62 bits per heavy atom. The molecular formula is C14H20ClF3N4OS. The number of methoxy groups -OCH3 is 1. The highest BCUT2D eigenvalue weighted by atomic mass is 35.5. The van der Waals surface area contributed by atoms with Gasteiger partial charge in [-0.3, -0.25) is 4.68 Å². The molecule has 24 heavy (non-hydrogen) atoms. The van der Waals surface area contributed by atoms with Crippen molar-refractivity contribution in [3.8, 4) is 0 Å². The van der Waals surface area contributed by atoms with Gasteiger partial charge >= 0.3 is 6.18 Å². The molecule has 1 aliphatic rings. The minimum Gasteiger partial charge on any atom is -0.383 e. The average Bonchev–Trinajstić information content (AvgIpc) is 3.27. The molecule has 136 valence electrons. The number of aryl methyl sites for hydroxylation is 1. The molecule has 10 heteroatoms. The van der Waals surface area contributed by atoms with Crippen molar-refractivity contribution in [3.05, 3.63) is 16.4 Å². The Bertz CT molecular complexity index is 575. The number of alkyl halides is 3. The molecule has 1 aromatic heterocycles. The zero-order chi connectivity index (χ0) is 17.7. The fourth-order valence-electron chi connectivity index (χ4n) is 2.31. The molecule has 0 atom stereocenters. The topological polar surface area (TPSA) is 51.1 Å². The molecule has 5 nitrogen and oxygen atoms in total. The number of aromatic nitrogens is 2. The third kappa shape index (κ3) is 5.22. The summed E-state index contributed by atoms with van der Waals surface area (Å²) in [7, 11) is 1.60. The highest BCUT2D eigenvalue weighted by molar-refractivity contribution is 7.80. The molecule has 0 radical (unpaired) electrons. The van der Waals surface area contributed by atoms with E-state index >= 15 is 0 Å². The summed E-state index contributed by atoms with van der Waals surface area (Å²) >= 11 is 11.0. The van der Waals surface area contributed by atoms with E-state index in [0.29, 0.717) is 43.5 Å². The van der Waals surface area contributed by atoms with Crippen molar-refractivity contribution in [1.29, 1.82) is 0 Å². The first-order valence-electron chi connectivity index (χ1n) is 7.68. The molecule has 2 rings (SSSR count). The van der Waals surface area contributed by atoms with E-state index < -0.39 is 11.9 Å². The van der Waals surface area contributed by atoms with Crippen LogP contribution >= 0.6 is 23.8 Å². The van der Waals surface area contributed by atoms with Gasteiger partial charge in [0.25, 0.3) is 0 Å². The summed E-state index contributed by atoms with van der Waals surface area (Å²) in [5.74, 6) is 0.0887. The first kappa shape index (κ1) is 19.3. The van der Waals surface area contributed by atoms with E-state index in [4.69, 9.17) is 28.6 Å². The Morgan fingerprint density at radius 2 is 2.04 bits per heavy atom. The second-order valence-corrected chi connectivity index (χ2v) is 6.36. The van der Waals surface area contributed by atoms with E-state index in [1.54, 1.807) is 7.11 Å². The van der Waals surface area contributed by atoms with E-state index in [2.05, 4.69) is 15.7 Å². The molecule has 0 aliphatic heterocycles. The third-order valence-corrected chi connectivity index (χ3v) is 4.25. The third-order valence-electron chi connectivity index (χ3n) is 3.59. The van der Waals surface area contributed by atoms with Gasteiger partial charge < -0.3 is 15.4 Å². The van der Waals surface area contributed by atoms with Gasteiger partial charge in [0, 0.05) is 32.7 Å². The van der Waals surface area contributed by atoms with Crippen LogP contribution in [0, 0.1) is 0 Å². The largest absolute Gasteiger partial charge is 0.436 e. The second kappa shape index (κ2) is 8.35. The fourth-order valence-corrected chi connectivity index (χ4v) is 2.91. The Morgan fingerprint density at radius 1 is 1.38 bits per heavy atom. The van der Waals surface area contributed by atoms with Crippen LogP contribution < -0.4 is 10.6 Å². The molecular weight excluding hydrogens is 365 g/mol. The normalized spacial score (nSPS) is 14.7. The molecule has 1 aromatic rings. The molecule has 1 aliphatic carbocycles. The summed E-state index contributed by atoms with van der Waals surface area (Å²) in [5, 5.41) is 9.88. The lowest BCUT2D eigenvalue weighted by Crippen LogP contribution is -2.37. The second-order valence-electron chi connectivity index (χ2n) is 5.57. The highest BCUT2D eigenvalue weighted by Crippen LogP contribution is 2.46. The van der Waals surface area contributed by atoms with Crippen molar-refractivity contribution < 1.29 is 17.9 Å². The van der Waals surface area contributed by atoms with E-state index in [1.807, 2.05) is 0 Å². The maximum atomic E-state index is 13.0. The smallest absolute Gasteiger partial charge is 0.383 e. The first-order chi connectivity index (χ1) is 11.3. The van der Waals surface area contributed by atoms with E-state index in [9.17, 15) is 13.2 Å². The van der Waals surface area contributed by atoms with Crippen molar-refractivity contribution in [2.45, 2.75) is 37.9 Å². The van der Waals surface area contributed by atoms with Crippen LogP contribution in [0.4, 0.5) is 13.2 Å². The summed E-state index contributed by atoms with van der Waals surface area (Å²) in [6.45, 7) is 2.02. The highest BCUT2D eigenvalue weighted by Gasteiger charge is 2.41. The lowest BCUT2D eigenvalue weighted by Gasteiger charge is -2.11. The van der Waals surface area contributed by atoms with E-state index in [-0.39, 0.29) is 10.9 Å². The molecule has 0 bridgehead atoms. The summed E-state index contributed by atoms with van der Waals surface area (Å²) in [6, 6.07) is 0. The van der Waals surface area contributed by atoms with E-state index in [0.717, 1.165) is 12.8 Å². The van der Waals surface area contributed by atoms with Crippen LogP contribution in [-0.2, 0) is 17.5 Å². The number of nitrogens with zero attached hydrogens (tertiary/aromatic N) is 2. The van der Waals surface area contributed by atoms with Crippen LogP contribution in [0.1, 0.15) is 36.6 Å². The molecule has 0 saturated heterocycles. The van der Waals surface area contributed by atoms with Crippen LogP contribution in [-0.4, -0.2) is 41.7 Å².